The Bertz CT molecular complexity index is 1310. The molecule has 0 saturated carbocycles. The molecule has 1 aliphatic heterocycles. The van der Waals surface area contributed by atoms with Crippen LogP contribution in [0.5, 0.6) is 0 Å². The SMILES string of the molecule is CNC(=O)c1ccc(N2CCN(Cc3ccc4c(=O)n(C)c(=O)[nH]c4c3F)CC2)c(C)n1. The monoisotopic (exact) mass is 440 g/mol. The van der Waals surface area contributed by atoms with Gasteiger partial charge >= 0.3 is 5.69 Å². The molecule has 10 heteroatoms. The fraction of sp³-hybridized carbons (Fsp3) is 0.364. The maximum Gasteiger partial charge on any atom is 0.328 e. The minimum absolute atomic E-state index is 0.0489. The van der Waals surface area contributed by atoms with Gasteiger partial charge in [-0.25, -0.2) is 14.2 Å². The summed E-state index contributed by atoms with van der Waals surface area (Å²) < 4.78 is 16.0. The zero-order valence-corrected chi connectivity index (χ0v) is 18.2. The minimum atomic E-state index is -0.640. The average molecular weight is 440 g/mol. The van der Waals surface area contributed by atoms with Gasteiger partial charge in [-0.3, -0.25) is 19.1 Å². The Morgan fingerprint density at radius 2 is 1.88 bits per heavy atom. The Balaban J connectivity index is 1.48. The van der Waals surface area contributed by atoms with Crippen molar-refractivity contribution in [2.45, 2.75) is 13.5 Å². The van der Waals surface area contributed by atoms with Crippen molar-refractivity contribution in [1.82, 2.24) is 24.8 Å². The van der Waals surface area contributed by atoms with E-state index in [9.17, 15) is 14.4 Å². The lowest BCUT2D eigenvalue weighted by Gasteiger charge is -2.36. The molecule has 32 heavy (non-hydrogen) atoms. The third-order valence-electron chi connectivity index (χ3n) is 5.92. The first-order valence-electron chi connectivity index (χ1n) is 10.4. The maximum atomic E-state index is 15.0. The van der Waals surface area contributed by atoms with Crippen LogP contribution in [-0.4, -0.2) is 58.6 Å². The molecule has 1 aliphatic rings. The van der Waals surface area contributed by atoms with Gasteiger partial charge in [0.25, 0.3) is 11.5 Å². The topological polar surface area (TPSA) is 103 Å². The van der Waals surface area contributed by atoms with E-state index in [-0.39, 0.29) is 16.8 Å². The number of carbonyl (C=O) groups excluding carboxylic acids is 1. The highest BCUT2D eigenvalue weighted by atomic mass is 19.1. The van der Waals surface area contributed by atoms with Crippen molar-refractivity contribution in [3.05, 3.63) is 67.9 Å². The number of aryl methyl sites for hydroxylation is 1. The van der Waals surface area contributed by atoms with Crippen molar-refractivity contribution in [3.63, 3.8) is 0 Å². The molecule has 1 saturated heterocycles. The number of piperazine rings is 1. The van der Waals surface area contributed by atoms with Crippen molar-refractivity contribution >= 4 is 22.5 Å². The van der Waals surface area contributed by atoms with E-state index in [2.05, 4.69) is 25.1 Å². The number of halogens is 1. The number of anilines is 1. The van der Waals surface area contributed by atoms with E-state index in [1.165, 1.54) is 7.05 Å². The van der Waals surface area contributed by atoms with Gasteiger partial charge in [-0.1, -0.05) is 6.07 Å². The fourth-order valence-electron chi connectivity index (χ4n) is 4.04. The van der Waals surface area contributed by atoms with Crippen molar-refractivity contribution in [3.8, 4) is 0 Å². The first kappa shape index (κ1) is 21.7. The lowest BCUT2D eigenvalue weighted by atomic mass is 10.1. The molecule has 2 N–H and O–H groups in total. The predicted molar refractivity (Wildman–Crippen MR) is 120 cm³/mol. The number of benzene rings is 1. The van der Waals surface area contributed by atoms with E-state index in [1.807, 2.05) is 13.0 Å². The van der Waals surface area contributed by atoms with Gasteiger partial charge in [-0.2, -0.15) is 0 Å². The van der Waals surface area contributed by atoms with Gasteiger partial charge in [0.15, 0.2) is 5.82 Å². The molecule has 1 aromatic carbocycles. The maximum absolute atomic E-state index is 15.0. The summed E-state index contributed by atoms with van der Waals surface area (Å²) in [6.45, 7) is 5.13. The molecule has 0 aliphatic carbocycles. The molecule has 0 spiro atoms. The van der Waals surface area contributed by atoms with Crippen LogP contribution >= 0.6 is 0 Å². The third kappa shape index (κ3) is 3.89. The van der Waals surface area contributed by atoms with Crippen LogP contribution in [0.25, 0.3) is 10.9 Å². The van der Waals surface area contributed by atoms with Crippen LogP contribution in [0, 0.1) is 12.7 Å². The number of nitrogens with one attached hydrogen (secondary N) is 2. The Morgan fingerprint density at radius 1 is 1.16 bits per heavy atom. The fourth-order valence-corrected chi connectivity index (χ4v) is 4.04. The number of carbonyl (C=O) groups is 1. The van der Waals surface area contributed by atoms with E-state index in [0.717, 1.165) is 29.0 Å². The number of aromatic nitrogens is 3. The number of pyridine rings is 1. The number of amides is 1. The number of nitrogens with zero attached hydrogens (tertiary/aromatic N) is 4. The zero-order chi connectivity index (χ0) is 23.0. The van der Waals surface area contributed by atoms with E-state index in [0.29, 0.717) is 30.9 Å². The lowest BCUT2D eigenvalue weighted by molar-refractivity contribution is 0.0958. The summed E-state index contributed by atoms with van der Waals surface area (Å²) in [4.78, 5) is 47.0. The average Bonchev–Trinajstić information content (AvgIpc) is 2.80. The second-order valence-electron chi connectivity index (χ2n) is 7.90. The molecule has 1 fully saturated rings. The van der Waals surface area contributed by atoms with Crippen molar-refractivity contribution < 1.29 is 9.18 Å². The van der Waals surface area contributed by atoms with Crippen LogP contribution in [0.1, 0.15) is 21.7 Å². The van der Waals surface area contributed by atoms with Crippen LogP contribution in [0.4, 0.5) is 10.1 Å². The summed E-state index contributed by atoms with van der Waals surface area (Å²) in [6, 6.07) is 6.78. The second-order valence-corrected chi connectivity index (χ2v) is 7.90. The molecule has 0 radical (unpaired) electrons. The molecular formula is C22H25FN6O3. The standard InChI is InChI=1S/C22H25FN6O3/c1-13-17(7-6-16(25-13)20(30)24-2)29-10-8-28(9-11-29)12-14-4-5-15-19(18(14)23)26-22(32)27(3)21(15)31/h4-7H,8-12H2,1-3H3,(H,24,30)(H,26,32). The number of hydrogen-bond acceptors (Lipinski definition) is 6. The van der Waals surface area contributed by atoms with E-state index in [4.69, 9.17) is 0 Å². The molecule has 3 aromatic rings. The summed E-state index contributed by atoms with van der Waals surface area (Å²) in [6.07, 6.45) is 0. The molecule has 1 amide bonds. The van der Waals surface area contributed by atoms with E-state index in [1.54, 1.807) is 25.2 Å². The first-order valence-corrected chi connectivity index (χ1v) is 10.4. The van der Waals surface area contributed by atoms with Crippen molar-refractivity contribution in [2.24, 2.45) is 7.05 Å². The minimum Gasteiger partial charge on any atom is -0.368 e. The highest BCUT2D eigenvalue weighted by Gasteiger charge is 2.21. The van der Waals surface area contributed by atoms with Gasteiger partial charge in [0.2, 0.25) is 0 Å². The quantitative estimate of drug-likeness (QED) is 0.621. The summed E-state index contributed by atoms with van der Waals surface area (Å²) >= 11 is 0. The number of fused-ring (bicyclic) bond motifs is 1. The largest absolute Gasteiger partial charge is 0.368 e. The van der Waals surface area contributed by atoms with Crippen LogP contribution < -0.4 is 21.5 Å². The molecule has 3 heterocycles. The van der Waals surface area contributed by atoms with Crippen LogP contribution in [0.15, 0.2) is 33.9 Å². The lowest BCUT2D eigenvalue weighted by Crippen LogP contribution is -2.46. The van der Waals surface area contributed by atoms with Gasteiger partial charge < -0.3 is 15.2 Å². The second kappa shape index (κ2) is 8.54. The molecule has 0 unspecified atom stereocenters. The summed E-state index contributed by atoms with van der Waals surface area (Å²) in [7, 11) is 2.93. The number of aromatic amines is 1. The Kier molecular flexibility index (Phi) is 5.79. The highest BCUT2D eigenvalue weighted by Crippen LogP contribution is 2.22. The molecule has 0 atom stereocenters. The predicted octanol–water partition coefficient (Wildman–Crippen LogP) is 0.751. The summed E-state index contributed by atoms with van der Waals surface area (Å²) in [5.41, 5.74) is 1.36. The Hall–Kier alpha value is -3.53. The Labute approximate surface area is 183 Å². The van der Waals surface area contributed by atoms with Crippen LogP contribution in [0.2, 0.25) is 0 Å². The first-order chi connectivity index (χ1) is 15.3. The van der Waals surface area contributed by atoms with E-state index < -0.39 is 17.1 Å². The van der Waals surface area contributed by atoms with Gasteiger partial charge in [-0.15, -0.1) is 0 Å². The molecular weight excluding hydrogens is 415 g/mol. The van der Waals surface area contributed by atoms with Gasteiger partial charge in [0.1, 0.15) is 5.69 Å². The molecule has 4 rings (SSSR count). The normalized spacial score (nSPS) is 14.7. The molecule has 9 nitrogen and oxygen atoms in total. The third-order valence-corrected chi connectivity index (χ3v) is 5.92. The van der Waals surface area contributed by atoms with Gasteiger partial charge in [0.05, 0.1) is 22.3 Å². The van der Waals surface area contributed by atoms with Gasteiger partial charge in [-0.05, 0) is 25.1 Å². The van der Waals surface area contributed by atoms with Crippen LogP contribution in [-0.2, 0) is 13.6 Å². The Morgan fingerprint density at radius 3 is 2.53 bits per heavy atom. The van der Waals surface area contributed by atoms with E-state index >= 15 is 4.39 Å². The molecule has 168 valence electrons. The van der Waals surface area contributed by atoms with Gasteiger partial charge in [0, 0.05) is 52.4 Å². The highest BCUT2D eigenvalue weighted by molar-refractivity contribution is 5.92. The number of H-pyrrole nitrogens is 1. The summed E-state index contributed by atoms with van der Waals surface area (Å²) in [5.74, 6) is -0.786. The van der Waals surface area contributed by atoms with Crippen molar-refractivity contribution in [1.29, 1.82) is 0 Å². The molecule has 0 bridgehead atoms. The van der Waals surface area contributed by atoms with Crippen molar-refractivity contribution in [2.75, 3.05) is 38.1 Å². The number of rotatable bonds is 4. The zero-order valence-electron chi connectivity index (χ0n) is 18.2. The van der Waals surface area contributed by atoms with Crippen LogP contribution in [0.3, 0.4) is 0 Å². The number of hydrogen-bond donors (Lipinski definition) is 2. The smallest absolute Gasteiger partial charge is 0.328 e. The summed E-state index contributed by atoms with van der Waals surface area (Å²) in [5, 5.41) is 2.72. The molecule has 2 aromatic heterocycles.